The third-order valence-electron chi connectivity index (χ3n) is 5.73. The fourth-order valence-corrected chi connectivity index (χ4v) is 4.11. The number of amides is 2. The van der Waals surface area contributed by atoms with Gasteiger partial charge in [0.05, 0.1) is 0 Å². The molecule has 0 atom stereocenters. The molecule has 2 amide bonds. The van der Waals surface area contributed by atoms with Crippen molar-refractivity contribution in [1.82, 2.24) is 9.80 Å². The second-order valence-electron chi connectivity index (χ2n) is 8.02. The molecular weight excluding hydrogens is 356 g/mol. The van der Waals surface area contributed by atoms with E-state index in [1.54, 1.807) is 4.90 Å². The molecule has 0 spiro atoms. The maximum atomic E-state index is 12.5. The number of ether oxygens (including phenoxy) is 1. The second-order valence-corrected chi connectivity index (χ2v) is 8.02. The van der Waals surface area contributed by atoms with Crippen LogP contribution in [0.25, 0.3) is 11.0 Å². The first kappa shape index (κ1) is 18.8. The number of hydrogen-bond acceptors (Lipinski definition) is 4. The van der Waals surface area contributed by atoms with Gasteiger partial charge in [0, 0.05) is 49.5 Å². The molecule has 6 heteroatoms. The van der Waals surface area contributed by atoms with Crippen LogP contribution in [0.1, 0.15) is 38.0 Å². The highest BCUT2D eigenvalue weighted by Gasteiger charge is 2.25. The molecule has 2 heterocycles. The van der Waals surface area contributed by atoms with Crippen molar-refractivity contribution in [2.75, 3.05) is 32.8 Å². The summed E-state index contributed by atoms with van der Waals surface area (Å²) in [5.41, 5.74) is 2.19. The predicted octanol–water partition coefficient (Wildman–Crippen LogP) is 3.02. The number of hydrogen-bond donors (Lipinski definition) is 0. The van der Waals surface area contributed by atoms with Crippen molar-refractivity contribution < 1.29 is 18.7 Å². The Morgan fingerprint density at radius 2 is 1.79 bits per heavy atom. The molecule has 0 unspecified atom stereocenters. The Labute approximate surface area is 165 Å². The van der Waals surface area contributed by atoms with E-state index in [1.807, 2.05) is 36.9 Å². The highest BCUT2D eigenvalue weighted by Crippen LogP contribution is 2.33. The summed E-state index contributed by atoms with van der Waals surface area (Å²) in [5, 5.41) is 1.11. The number of furan rings is 1. The van der Waals surface area contributed by atoms with Gasteiger partial charge in [0.15, 0.2) is 6.61 Å². The zero-order valence-corrected chi connectivity index (χ0v) is 16.7. The van der Waals surface area contributed by atoms with Crippen LogP contribution in [0.2, 0.25) is 0 Å². The number of aryl methyl sites for hydroxylation is 2. The number of piperazine rings is 1. The van der Waals surface area contributed by atoms with E-state index in [1.165, 1.54) is 18.4 Å². The van der Waals surface area contributed by atoms with Crippen molar-refractivity contribution in [3.05, 3.63) is 29.5 Å². The van der Waals surface area contributed by atoms with Crippen molar-refractivity contribution >= 4 is 22.8 Å². The minimum absolute atomic E-state index is 0.00540. The van der Waals surface area contributed by atoms with Crippen LogP contribution < -0.4 is 4.74 Å². The van der Waals surface area contributed by atoms with Crippen LogP contribution in [-0.4, -0.2) is 54.4 Å². The number of rotatable bonds is 4. The zero-order chi connectivity index (χ0) is 19.7. The molecule has 1 aromatic heterocycles. The van der Waals surface area contributed by atoms with Gasteiger partial charge >= 0.3 is 0 Å². The molecule has 1 aromatic carbocycles. The lowest BCUT2D eigenvalue weighted by Crippen LogP contribution is -2.52. The average Bonchev–Trinajstić information content (AvgIpc) is 3.09. The van der Waals surface area contributed by atoms with Crippen molar-refractivity contribution in [1.29, 1.82) is 0 Å². The lowest BCUT2D eigenvalue weighted by Gasteiger charge is -2.35. The Balaban J connectivity index is 1.34. The van der Waals surface area contributed by atoms with Crippen molar-refractivity contribution in [2.24, 2.45) is 5.92 Å². The molecular formula is C22H28N2O4. The molecule has 0 N–H and O–H groups in total. The van der Waals surface area contributed by atoms with Gasteiger partial charge in [-0.1, -0.05) is 13.8 Å². The largest absolute Gasteiger partial charge is 0.484 e. The van der Waals surface area contributed by atoms with Gasteiger partial charge in [0.25, 0.3) is 5.91 Å². The van der Waals surface area contributed by atoms with Gasteiger partial charge in [-0.15, -0.1) is 0 Å². The zero-order valence-electron chi connectivity index (χ0n) is 16.7. The van der Waals surface area contributed by atoms with Crippen molar-refractivity contribution in [3.8, 4) is 5.75 Å². The Hall–Kier alpha value is -2.50. The van der Waals surface area contributed by atoms with Gasteiger partial charge in [-0.2, -0.15) is 0 Å². The Morgan fingerprint density at radius 1 is 1.07 bits per heavy atom. The van der Waals surface area contributed by atoms with E-state index in [9.17, 15) is 9.59 Å². The Morgan fingerprint density at radius 3 is 2.54 bits per heavy atom. The van der Waals surface area contributed by atoms with E-state index in [0.717, 1.165) is 29.6 Å². The third-order valence-corrected chi connectivity index (χ3v) is 5.73. The normalized spacial score (nSPS) is 17.1. The summed E-state index contributed by atoms with van der Waals surface area (Å²) in [6.45, 7) is 6.14. The summed E-state index contributed by atoms with van der Waals surface area (Å²) in [6.07, 6.45) is 4.42. The summed E-state index contributed by atoms with van der Waals surface area (Å²) in [5.74, 6) is 1.91. The van der Waals surface area contributed by atoms with E-state index in [-0.39, 0.29) is 24.3 Å². The topological polar surface area (TPSA) is 63.0 Å². The van der Waals surface area contributed by atoms with Gasteiger partial charge < -0.3 is 19.0 Å². The smallest absolute Gasteiger partial charge is 0.260 e. The van der Waals surface area contributed by atoms with Gasteiger partial charge in [-0.25, -0.2) is 0 Å². The minimum atomic E-state index is -0.0361. The monoisotopic (exact) mass is 384 g/mol. The fourth-order valence-electron chi connectivity index (χ4n) is 4.11. The molecule has 2 aliphatic rings. The van der Waals surface area contributed by atoms with Gasteiger partial charge in [-0.3, -0.25) is 9.59 Å². The van der Waals surface area contributed by atoms with Gasteiger partial charge in [0.2, 0.25) is 5.91 Å². The number of carbonyl (C=O) groups is 2. The van der Waals surface area contributed by atoms with E-state index in [2.05, 4.69) is 0 Å². The first-order chi connectivity index (χ1) is 13.5. The lowest BCUT2D eigenvalue weighted by atomic mass is 9.96. The molecule has 6 nitrogen and oxygen atoms in total. The maximum Gasteiger partial charge on any atom is 0.260 e. The molecule has 4 rings (SSSR count). The van der Waals surface area contributed by atoms with Crippen LogP contribution in [0, 0.1) is 5.92 Å². The molecule has 1 saturated heterocycles. The summed E-state index contributed by atoms with van der Waals surface area (Å²) in [7, 11) is 0. The van der Waals surface area contributed by atoms with E-state index >= 15 is 0 Å². The van der Waals surface area contributed by atoms with Crippen LogP contribution in [-0.2, 0) is 22.4 Å². The van der Waals surface area contributed by atoms with Gasteiger partial charge in [-0.05, 0) is 37.5 Å². The SMILES string of the molecule is CC(C)C(=O)N1CCN(C(=O)COc2ccc3oc4c(c3c2)CCCC4)CC1. The number of fused-ring (bicyclic) bond motifs is 3. The van der Waals surface area contributed by atoms with E-state index < -0.39 is 0 Å². The highest BCUT2D eigenvalue weighted by molar-refractivity contribution is 5.84. The van der Waals surface area contributed by atoms with Crippen LogP contribution in [0.15, 0.2) is 22.6 Å². The maximum absolute atomic E-state index is 12.5. The molecule has 28 heavy (non-hydrogen) atoms. The molecule has 150 valence electrons. The molecule has 1 aliphatic carbocycles. The predicted molar refractivity (Wildman–Crippen MR) is 106 cm³/mol. The average molecular weight is 384 g/mol. The Bertz CT molecular complexity index is 878. The molecule has 1 aliphatic heterocycles. The standard InChI is InChI=1S/C22H28N2O4/c1-15(2)22(26)24-11-9-23(10-12-24)21(25)14-27-16-7-8-20-18(13-16)17-5-3-4-6-19(17)28-20/h7-8,13,15H,3-6,9-12,14H2,1-2H3. The molecule has 0 bridgehead atoms. The minimum Gasteiger partial charge on any atom is -0.484 e. The lowest BCUT2D eigenvalue weighted by molar-refractivity contribution is -0.142. The van der Waals surface area contributed by atoms with Crippen molar-refractivity contribution in [3.63, 3.8) is 0 Å². The van der Waals surface area contributed by atoms with E-state index in [0.29, 0.717) is 31.9 Å². The summed E-state index contributed by atoms with van der Waals surface area (Å²) < 4.78 is 11.7. The molecule has 0 saturated carbocycles. The number of nitrogens with zero attached hydrogens (tertiary/aromatic N) is 2. The highest BCUT2D eigenvalue weighted by atomic mass is 16.5. The van der Waals surface area contributed by atoms with Crippen molar-refractivity contribution in [2.45, 2.75) is 39.5 Å². The van der Waals surface area contributed by atoms with Crippen LogP contribution in [0.5, 0.6) is 5.75 Å². The summed E-state index contributed by atoms with van der Waals surface area (Å²) >= 11 is 0. The van der Waals surface area contributed by atoms with Crippen LogP contribution in [0.3, 0.4) is 0 Å². The molecule has 2 aromatic rings. The van der Waals surface area contributed by atoms with Crippen LogP contribution >= 0.6 is 0 Å². The third kappa shape index (κ3) is 3.73. The molecule has 0 radical (unpaired) electrons. The fraction of sp³-hybridized carbons (Fsp3) is 0.545. The first-order valence-corrected chi connectivity index (χ1v) is 10.3. The van der Waals surface area contributed by atoms with Crippen LogP contribution in [0.4, 0.5) is 0 Å². The number of carbonyl (C=O) groups excluding carboxylic acids is 2. The first-order valence-electron chi connectivity index (χ1n) is 10.3. The summed E-state index contributed by atoms with van der Waals surface area (Å²) in [6, 6.07) is 5.79. The Kier molecular flexibility index (Phi) is 5.29. The van der Waals surface area contributed by atoms with Gasteiger partial charge in [0.1, 0.15) is 17.1 Å². The number of benzene rings is 1. The quantitative estimate of drug-likeness (QED) is 0.813. The molecule has 1 fully saturated rings. The van der Waals surface area contributed by atoms with E-state index in [4.69, 9.17) is 9.15 Å². The summed E-state index contributed by atoms with van der Waals surface area (Å²) in [4.78, 5) is 28.2. The second kappa shape index (κ2) is 7.86.